The lowest BCUT2D eigenvalue weighted by Gasteiger charge is -2.25. The van der Waals surface area contributed by atoms with Gasteiger partial charge in [-0.15, -0.1) is 0 Å². The van der Waals surface area contributed by atoms with E-state index < -0.39 is 0 Å². The predicted molar refractivity (Wildman–Crippen MR) is 60.5 cm³/mol. The molecule has 14 heavy (non-hydrogen) atoms. The van der Waals surface area contributed by atoms with Gasteiger partial charge in [0, 0.05) is 5.54 Å². The van der Waals surface area contributed by atoms with Gasteiger partial charge < -0.3 is 5.32 Å². The van der Waals surface area contributed by atoms with Crippen molar-refractivity contribution in [3.8, 4) is 0 Å². The van der Waals surface area contributed by atoms with Crippen molar-refractivity contribution in [1.82, 2.24) is 5.32 Å². The number of hydrogen-bond donors (Lipinski definition) is 1. The van der Waals surface area contributed by atoms with E-state index in [9.17, 15) is 0 Å². The average molecular weight is 189 g/mol. The Hall–Kier alpha value is -0.820. The average Bonchev–Trinajstić information content (AvgIpc) is 2.57. The maximum Gasteiger partial charge on any atom is 0.0194 e. The molecule has 1 nitrogen and oxygen atoms in total. The largest absolute Gasteiger partial charge is 0.311 e. The summed E-state index contributed by atoms with van der Waals surface area (Å²) >= 11 is 0. The van der Waals surface area contributed by atoms with Crippen LogP contribution < -0.4 is 5.32 Å². The SMILES string of the molecule is Cc1ccccc1CC1(C)CCCN1. The predicted octanol–water partition coefficient (Wildman–Crippen LogP) is 2.68. The third kappa shape index (κ3) is 1.98. The zero-order valence-electron chi connectivity index (χ0n) is 9.14. The van der Waals surface area contributed by atoms with E-state index in [2.05, 4.69) is 43.4 Å². The van der Waals surface area contributed by atoms with E-state index in [1.54, 1.807) is 0 Å². The van der Waals surface area contributed by atoms with E-state index >= 15 is 0 Å². The first kappa shape index (κ1) is 9.72. The van der Waals surface area contributed by atoms with Gasteiger partial charge in [-0.2, -0.15) is 0 Å². The molecule has 0 spiro atoms. The van der Waals surface area contributed by atoms with Crippen molar-refractivity contribution >= 4 is 0 Å². The Bertz CT molecular complexity index is 311. The highest BCUT2D eigenvalue weighted by Gasteiger charge is 2.28. The van der Waals surface area contributed by atoms with Crippen molar-refractivity contribution in [3.05, 3.63) is 35.4 Å². The summed E-state index contributed by atoms with van der Waals surface area (Å²) < 4.78 is 0. The van der Waals surface area contributed by atoms with Crippen LogP contribution in [0.3, 0.4) is 0 Å². The van der Waals surface area contributed by atoms with Crippen LogP contribution in [0.15, 0.2) is 24.3 Å². The minimum absolute atomic E-state index is 0.339. The van der Waals surface area contributed by atoms with Crippen molar-refractivity contribution in [2.24, 2.45) is 0 Å². The minimum atomic E-state index is 0.339. The van der Waals surface area contributed by atoms with E-state index in [4.69, 9.17) is 0 Å². The maximum absolute atomic E-state index is 3.61. The molecule has 1 aromatic rings. The number of aryl methyl sites for hydroxylation is 1. The second-order valence-electron chi connectivity index (χ2n) is 4.69. The van der Waals surface area contributed by atoms with Gasteiger partial charge in [0.15, 0.2) is 0 Å². The molecule has 1 N–H and O–H groups in total. The quantitative estimate of drug-likeness (QED) is 0.754. The molecule has 0 radical (unpaired) electrons. The van der Waals surface area contributed by atoms with Gasteiger partial charge in [0.25, 0.3) is 0 Å². The topological polar surface area (TPSA) is 12.0 Å². The van der Waals surface area contributed by atoms with Crippen molar-refractivity contribution in [1.29, 1.82) is 0 Å². The lowest BCUT2D eigenvalue weighted by Crippen LogP contribution is -2.38. The summed E-state index contributed by atoms with van der Waals surface area (Å²) in [7, 11) is 0. The number of benzene rings is 1. The molecule has 0 amide bonds. The third-order valence-corrected chi connectivity index (χ3v) is 3.30. The fourth-order valence-electron chi connectivity index (χ4n) is 2.34. The summed E-state index contributed by atoms with van der Waals surface area (Å²) in [6.07, 6.45) is 3.80. The molecule has 1 heteroatoms. The molecule has 0 saturated carbocycles. The highest BCUT2D eigenvalue weighted by Crippen LogP contribution is 2.24. The Balaban J connectivity index is 2.14. The van der Waals surface area contributed by atoms with E-state index in [0.717, 1.165) is 0 Å². The van der Waals surface area contributed by atoms with Crippen LogP contribution in [0.1, 0.15) is 30.9 Å². The molecule has 1 aliphatic rings. The molecule has 1 aromatic carbocycles. The highest BCUT2D eigenvalue weighted by atomic mass is 15.0. The molecule has 0 bridgehead atoms. The molecule has 1 fully saturated rings. The van der Waals surface area contributed by atoms with Gasteiger partial charge in [0.05, 0.1) is 0 Å². The van der Waals surface area contributed by atoms with Gasteiger partial charge in [-0.1, -0.05) is 24.3 Å². The summed E-state index contributed by atoms with van der Waals surface area (Å²) in [5.74, 6) is 0. The summed E-state index contributed by atoms with van der Waals surface area (Å²) in [6.45, 7) is 5.72. The molecular weight excluding hydrogens is 170 g/mol. The van der Waals surface area contributed by atoms with Crippen LogP contribution in [0.25, 0.3) is 0 Å². The van der Waals surface area contributed by atoms with Crippen molar-refractivity contribution in [2.75, 3.05) is 6.54 Å². The van der Waals surface area contributed by atoms with Gasteiger partial charge >= 0.3 is 0 Å². The lowest BCUT2D eigenvalue weighted by molar-refractivity contribution is 0.412. The van der Waals surface area contributed by atoms with Crippen molar-refractivity contribution in [2.45, 2.75) is 38.6 Å². The van der Waals surface area contributed by atoms with Crippen LogP contribution in [0.4, 0.5) is 0 Å². The van der Waals surface area contributed by atoms with Crippen LogP contribution in [-0.2, 0) is 6.42 Å². The molecule has 1 unspecified atom stereocenters. The molecule has 1 atom stereocenters. The fourth-order valence-corrected chi connectivity index (χ4v) is 2.34. The Morgan fingerprint density at radius 3 is 2.79 bits per heavy atom. The Labute approximate surface area is 86.5 Å². The standard InChI is InChI=1S/C13H19N/c1-11-6-3-4-7-12(11)10-13(2)8-5-9-14-13/h3-4,6-7,14H,5,8-10H2,1-2H3. The van der Waals surface area contributed by atoms with E-state index in [1.807, 2.05) is 0 Å². The summed E-state index contributed by atoms with van der Waals surface area (Å²) in [6, 6.07) is 8.71. The van der Waals surface area contributed by atoms with Gasteiger partial charge in [0.1, 0.15) is 0 Å². The van der Waals surface area contributed by atoms with Crippen molar-refractivity contribution < 1.29 is 0 Å². The normalized spacial score (nSPS) is 26.7. The molecule has 1 saturated heterocycles. The molecule has 0 aliphatic carbocycles. The zero-order chi connectivity index (χ0) is 10.0. The second-order valence-corrected chi connectivity index (χ2v) is 4.69. The maximum atomic E-state index is 3.61. The molecule has 1 heterocycles. The summed E-state index contributed by atoms with van der Waals surface area (Å²) in [5, 5.41) is 3.61. The van der Waals surface area contributed by atoms with E-state index in [-0.39, 0.29) is 0 Å². The highest BCUT2D eigenvalue weighted by molar-refractivity contribution is 5.27. The summed E-state index contributed by atoms with van der Waals surface area (Å²) in [4.78, 5) is 0. The Morgan fingerprint density at radius 2 is 2.14 bits per heavy atom. The molecule has 76 valence electrons. The first-order valence-electron chi connectivity index (χ1n) is 5.49. The van der Waals surface area contributed by atoms with Gasteiger partial charge in [0.2, 0.25) is 0 Å². The molecule has 1 aliphatic heterocycles. The third-order valence-electron chi connectivity index (χ3n) is 3.30. The van der Waals surface area contributed by atoms with Crippen LogP contribution in [0.2, 0.25) is 0 Å². The van der Waals surface area contributed by atoms with Gasteiger partial charge in [-0.25, -0.2) is 0 Å². The molecule has 2 rings (SSSR count). The van der Waals surface area contributed by atoms with Gasteiger partial charge in [-0.3, -0.25) is 0 Å². The first-order chi connectivity index (χ1) is 6.70. The number of hydrogen-bond acceptors (Lipinski definition) is 1. The number of nitrogens with one attached hydrogen (secondary N) is 1. The second kappa shape index (κ2) is 3.74. The van der Waals surface area contributed by atoms with E-state index in [0.29, 0.717) is 5.54 Å². The summed E-state index contributed by atoms with van der Waals surface area (Å²) in [5.41, 5.74) is 3.25. The van der Waals surface area contributed by atoms with Crippen LogP contribution in [-0.4, -0.2) is 12.1 Å². The lowest BCUT2D eigenvalue weighted by atomic mass is 9.89. The Kier molecular flexibility index (Phi) is 2.60. The van der Waals surface area contributed by atoms with Crippen LogP contribution >= 0.6 is 0 Å². The van der Waals surface area contributed by atoms with E-state index in [1.165, 1.54) is 36.9 Å². The van der Waals surface area contributed by atoms with Crippen LogP contribution in [0.5, 0.6) is 0 Å². The fraction of sp³-hybridized carbons (Fsp3) is 0.538. The molecule has 0 aromatic heterocycles. The number of rotatable bonds is 2. The van der Waals surface area contributed by atoms with Crippen LogP contribution in [0, 0.1) is 6.92 Å². The van der Waals surface area contributed by atoms with Gasteiger partial charge in [-0.05, 0) is 50.8 Å². The minimum Gasteiger partial charge on any atom is -0.311 e. The monoisotopic (exact) mass is 189 g/mol. The zero-order valence-corrected chi connectivity index (χ0v) is 9.14. The molecular formula is C13H19N. The Morgan fingerprint density at radius 1 is 1.36 bits per heavy atom. The van der Waals surface area contributed by atoms with Crippen molar-refractivity contribution in [3.63, 3.8) is 0 Å². The smallest absolute Gasteiger partial charge is 0.0194 e. The first-order valence-corrected chi connectivity index (χ1v) is 5.49.